The highest BCUT2D eigenvalue weighted by atomic mass is 16.1. The molecule has 1 amide bonds. The van der Waals surface area contributed by atoms with Crippen LogP contribution in [-0.4, -0.2) is 25.7 Å². The normalized spacial score (nSPS) is 12.2. The largest absolute Gasteiger partial charge is 0.342 e. The number of aromatic nitrogens is 4. The van der Waals surface area contributed by atoms with Crippen molar-refractivity contribution >= 4 is 5.91 Å². The standard InChI is InChI=1S/C20H23N5O/c1-13(2)18(19-22-12-23-25(19)4)24-20(26)16-7-5-6-15(10-16)17-8-9-21-11-14(17)3/h5-13,18H,1-4H3,(H,24,26). The summed E-state index contributed by atoms with van der Waals surface area (Å²) < 4.78 is 1.70. The van der Waals surface area contributed by atoms with E-state index in [2.05, 4.69) is 34.2 Å². The molecule has 1 unspecified atom stereocenters. The van der Waals surface area contributed by atoms with E-state index in [-0.39, 0.29) is 17.9 Å². The third kappa shape index (κ3) is 3.64. The smallest absolute Gasteiger partial charge is 0.251 e. The Morgan fingerprint density at radius 2 is 2.04 bits per heavy atom. The Labute approximate surface area is 153 Å². The van der Waals surface area contributed by atoms with Crippen LogP contribution in [0.4, 0.5) is 0 Å². The van der Waals surface area contributed by atoms with Crippen LogP contribution in [0.2, 0.25) is 0 Å². The van der Waals surface area contributed by atoms with Gasteiger partial charge < -0.3 is 5.32 Å². The Morgan fingerprint density at radius 3 is 2.69 bits per heavy atom. The fourth-order valence-electron chi connectivity index (χ4n) is 2.97. The molecule has 3 rings (SSSR count). The van der Waals surface area contributed by atoms with Crippen LogP contribution in [0.5, 0.6) is 0 Å². The van der Waals surface area contributed by atoms with Crippen LogP contribution in [-0.2, 0) is 7.05 Å². The minimum absolute atomic E-state index is 0.125. The average Bonchev–Trinajstić information content (AvgIpc) is 3.05. The number of aryl methyl sites for hydroxylation is 2. The summed E-state index contributed by atoms with van der Waals surface area (Å²) in [6, 6.07) is 9.39. The van der Waals surface area contributed by atoms with Gasteiger partial charge in [0.1, 0.15) is 12.2 Å². The van der Waals surface area contributed by atoms with Gasteiger partial charge in [0, 0.05) is 25.0 Å². The van der Waals surface area contributed by atoms with Crippen molar-refractivity contribution in [2.45, 2.75) is 26.8 Å². The highest BCUT2D eigenvalue weighted by Gasteiger charge is 2.23. The number of amides is 1. The third-order valence-corrected chi connectivity index (χ3v) is 4.43. The maximum absolute atomic E-state index is 12.9. The first-order chi connectivity index (χ1) is 12.5. The number of pyridine rings is 1. The van der Waals surface area contributed by atoms with Gasteiger partial charge in [-0.15, -0.1) is 0 Å². The summed E-state index contributed by atoms with van der Waals surface area (Å²) in [5.74, 6) is 0.808. The highest BCUT2D eigenvalue weighted by Crippen LogP contribution is 2.24. The van der Waals surface area contributed by atoms with Crippen LogP contribution >= 0.6 is 0 Å². The molecule has 0 saturated carbocycles. The van der Waals surface area contributed by atoms with Crippen molar-refractivity contribution in [3.8, 4) is 11.1 Å². The van der Waals surface area contributed by atoms with Gasteiger partial charge in [0.05, 0.1) is 6.04 Å². The number of nitrogens with one attached hydrogen (secondary N) is 1. The summed E-state index contributed by atoms with van der Waals surface area (Å²) in [5.41, 5.74) is 3.76. The Hall–Kier alpha value is -3.02. The van der Waals surface area contributed by atoms with E-state index >= 15 is 0 Å². The average molecular weight is 349 g/mol. The van der Waals surface area contributed by atoms with Crippen LogP contribution in [0.3, 0.4) is 0 Å². The number of hydrogen-bond acceptors (Lipinski definition) is 4. The number of hydrogen-bond donors (Lipinski definition) is 1. The molecule has 3 aromatic rings. The molecule has 2 heterocycles. The number of benzene rings is 1. The summed E-state index contributed by atoms with van der Waals surface area (Å²) in [4.78, 5) is 21.3. The van der Waals surface area contributed by atoms with E-state index in [1.807, 2.05) is 50.5 Å². The fourth-order valence-corrected chi connectivity index (χ4v) is 2.97. The van der Waals surface area contributed by atoms with Crippen LogP contribution in [0.25, 0.3) is 11.1 Å². The summed E-state index contributed by atoms with van der Waals surface area (Å²) in [6.07, 6.45) is 5.09. The van der Waals surface area contributed by atoms with E-state index in [0.29, 0.717) is 5.56 Å². The Balaban J connectivity index is 1.87. The minimum atomic E-state index is -0.207. The zero-order valence-corrected chi connectivity index (χ0v) is 15.5. The molecule has 6 heteroatoms. The molecule has 0 bridgehead atoms. The minimum Gasteiger partial charge on any atom is -0.342 e. The second-order valence-electron chi connectivity index (χ2n) is 6.71. The SMILES string of the molecule is Cc1cnccc1-c1cccc(C(=O)NC(c2ncnn2C)C(C)C)c1. The van der Waals surface area contributed by atoms with Gasteiger partial charge in [-0.3, -0.25) is 14.5 Å². The van der Waals surface area contributed by atoms with Crippen molar-refractivity contribution < 1.29 is 4.79 Å². The molecule has 0 fully saturated rings. The van der Waals surface area contributed by atoms with Gasteiger partial charge in [0.15, 0.2) is 0 Å². The van der Waals surface area contributed by atoms with Gasteiger partial charge in [0.25, 0.3) is 5.91 Å². The Morgan fingerprint density at radius 1 is 1.23 bits per heavy atom. The summed E-state index contributed by atoms with van der Waals surface area (Å²) in [7, 11) is 1.83. The van der Waals surface area contributed by atoms with E-state index in [4.69, 9.17) is 0 Å². The lowest BCUT2D eigenvalue weighted by Crippen LogP contribution is -2.33. The number of carbonyl (C=O) groups is 1. The number of rotatable bonds is 5. The van der Waals surface area contributed by atoms with Gasteiger partial charge >= 0.3 is 0 Å². The predicted molar refractivity (Wildman–Crippen MR) is 100 cm³/mol. The molecule has 1 aromatic carbocycles. The fraction of sp³-hybridized carbons (Fsp3) is 0.300. The maximum Gasteiger partial charge on any atom is 0.251 e. The van der Waals surface area contributed by atoms with Crippen molar-refractivity contribution in [3.05, 3.63) is 66.0 Å². The summed E-state index contributed by atoms with van der Waals surface area (Å²) in [5, 5.41) is 7.21. The Bertz CT molecular complexity index is 916. The molecule has 0 spiro atoms. The molecule has 1 N–H and O–H groups in total. The summed E-state index contributed by atoms with van der Waals surface area (Å²) >= 11 is 0. The molecule has 2 aromatic heterocycles. The van der Waals surface area contributed by atoms with E-state index in [1.54, 1.807) is 10.9 Å². The predicted octanol–water partition coefficient (Wildman–Crippen LogP) is 3.31. The second-order valence-corrected chi connectivity index (χ2v) is 6.71. The monoisotopic (exact) mass is 349 g/mol. The van der Waals surface area contributed by atoms with Gasteiger partial charge in [-0.25, -0.2) is 4.98 Å². The molecule has 0 aliphatic rings. The van der Waals surface area contributed by atoms with Crippen LogP contribution in [0.1, 0.15) is 41.6 Å². The number of nitrogens with zero attached hydrogens (tertiary/aromatic N) is 4. The van der Waals surface area contributed by atoms with Crippen molar-refractivity contribution in [3.63, 3.8) is 0 Å². The van der Waals surface area contributed by atoms with E-state index < -0.39 is 0 Å². The Kier molecular flexibility index (Phi) is 5.11. The molecule has 26 heavy (non-hydrogen) atoms. The molecule has 134 valence electrons. The molecular formula is C20H23N5O. The van der Waals surface area contributed by atoms with E-state index in [0.717, 1.165) is 22.5 Å². The van der Waals surface area contributed by atoms with Crippen LogP contribution in [0, 0.1) is 12.8 Å². The second kappa shape index (κ2) is 7.47. The zero-order valence-electron chi connectivity index (χ0n) is 15.5. The van der Waals surface area contributed by atoms with Gasteiger partial charge in [0.2, 0.25) is 0 Å². The van der Waals surface area contributed by atoms with Gasteiger partial charge in [-0.2, -0.15) is 5.10 Å². The summed E-state index contributed by atoms with van der Waals surface area (Å²) in [6.45, 7) is 6.12. The number of carbonyl (C=O) groups excluding carboxylic acids is 1. The lowest BCUT2D eigenvalue weighted by Gasteiger charge is -2.21. The highest BCUT2D eigenvalue weighted by molar-refractivity contribution is 5.95. The van der Waals surface area contributed by atoms with E-state index in [1.165, 1.54) is 6.33 Å². The quantitative estimate of drug-likeness (QED) is 0.767. The molecule has 0 radical (unpaired) electrons. The third-order valence-electron chi connectivity index (χ3n) is 4.43. The van der Waals surface area contributed by atoms with Crippen molar-refractivity contribution in [2.75, 3.05) is 0 Å². The lowest BCUT2D eigenvalue weighted by atomic mass is 9.99. The van der Waals surface area contributed by atoms with Gasteiger partial charge in [-0.1, -0.05) is 26.0 Å². The lowest BCUT2D eigenvalue weighted by molar-refractivity contribution is 0.0922. The first-order valence-corrected chi connectivity index (χ1v) is 8.63. The molecule has 0 saturated heterocycles. The van der Waals surface area contributed by atoms with Crippen molar-refractivity contribution in [1.82, 2.24) is 25.1 Å². The van der Waals surface area contributed by atoms with E-state index in [9.17, 15) is 4.79 Å². The molecule has 1 atom stereocenters. The molecule has 0 aliphatic heterocycles. The van der Waals surface area contributed by atoms with Crippen molar-refractivity contribution in [2.24, 2.45) is 13.0 Å². The van der Waals surface area contributed by atoms with Gasteiger partial charge in [-0.05, 0) is 47.7 Å². The molecule has 6 nitrogen and oxygen atoms in total. The zero-order chi connectivity index (χ0) is 18.7. The first-order valence-electron chi connectivity index (χ1n) is 8.63. The van der Waals surface area contributed by atoms with Crippen molar-refractivity contribution in [1.29, 1.82) is 0 Å². The van der Waals surface area contributed by atoms with Crippen LogP contribution in [0.15, 0.2) is 49.1 Å². The molecular weight excluding hydrogens is 326 g/mol. The first kappa shape index (κ1) is 17.8. The maximum atomic E-state index is 12.9. The van der Waals surface area contributed by atoms with Crippen LogP contribution < -0.4 is 5.32 Å². The topological polar surface area (TPSA) is 72.7 Å². The molecule has 0 aliphatic carbocycles.